The molecule has 0 radical (unpaired) electrons. The number of aryl methyl sites for hydroxylation is 2. The number of nitrogens with one attached hydrogen (secondary N) is 1. The SMILES string of the molecule is Cc1cc(C(C)(O)CNC(=O)c2ccc(CN(C)C)cc2)c(C)o1. The van der Waals surface area contributed by atoms with Crippen molar-refractivity contribution in [2.45, 2.75) is 32.9 Å². The average molecular weight is 330 g/mol. The molecule has 2 N–H and O–H groups in total. The molecule has 24 heavy (non-hydrogen) atoms. The molecular formula is C19H26N2O3. The topological polar surface area (TPSA) is 65.7 Å². The highest BCUT2D eigenvalue weighted by Gasteiger charge is 2.28. The average Bonchev–Trinajstić information content (AvgIpc) is 2.84. The summed E-state index contributed by atoms with van der Waals surface area (Å²) in [7, 11) is 4.00. The van der Waals surface area contributed by atoms with Gasteiger partial charge in [-0.2, -0.15) is 0 Å². The van der Waals surface area contributed by atoms with Crippen LogP contribution in [0.4, 0.5) is 0 Å². The predicted octanol–water partition coefficient (Wildman–Crippen LogP) is 2.60. The molecule has 0 saturated carbocycles. The summed E-state index contributed by atoms with van der Waals surface area (Å²) in [6.45, 7) is 6.26. The third-order valence-corrected chi connectivity index (χ3v) is 3.93. The molecule has 0 aliphatic heterocycles. The Labute approximate surface area is 143 Å². The fourth-order valence-electron chi connectivity index (χ4n) is 2.74. The number of carbonyl (C=O) groups excluding carboxylic acids is 1. The highest BCUT2D eigenvalue weighted by atomic mass is 16.3. The third-order valence-electron chi connectivity index (χ3n) is 3.93. The first-order valence-corrected chi connectivity index (χ1v) is 8.01. The number of carbonyl (C=O) groups is 1. The minimum absolute atomic E-state index is 0.116. The fraction of sp³-hybridized carbons (Fsp3) is 0.421. The minimum Gasteiger partial charge on any atom is -0.466 e. The highest BCUT2D eigenvalue weighted by Crippen LogP contribution is 2.26. The van der Waals surface area contributed by atoms with Crippen LogP contribution in [0.1, 0.15) is 39.9 Å². The third kappa shape index (κ3) is 4.46. The summed E-state index contributed by atoms with van der Waals surface area (Å²) in [5.74, 6) is 1.20. The zero-order valence-electron chi connectivity index (χ0n) is 15.0. The summed E-state index contributed by atoms with van der Waals surface area (Å²) in [6, 6.07) is 9.29. The van der Waals surface area contributed by atoms with Gasteiger partial charge in [0.25, 0.3) is 5.91 Å². The van der Waals surface area contributed by atoms with E-state index in [2.05, 4.69) is 10.2 Å². The van der Waals surface area contributed by atoms with Gasteiger partial charge in [-0.05, 0) is 58.6 Å². The number of furan rings is 1. The maximum absolute atomic E-state index is 12.3. The number of hydrogen-bond acceptors (Lipinski definition) is 4. The van der Waals surface area contributed by atoms with Crippen LogP contribution < -0.4 is 5.32 Å². The van der Waals surface area contributed by atoms with Crippen molar-refractivity contribution in [3.05, 3.63) is 58.5 Å². The Hall–Kier alpha value is -2.11. The molecule has 1 amide bonds. The van der Waals surface area contributed by atoms with E-state index in [1.165, 1.54) is 0 Å². The number of rotatable bonds is 6. The molecule has 0 aliphatic rings. The Morgan fingerprint density at radius 3 is 2.38 bits per heavy atom. The van der Waals surface area contributed by atoms with Gasteiger partial charge in [0.1, 0.15) is 17.1 Å². The van der Waals surface area contributed by atoms with Gasteiger partial charge in [0, 0.05) is 17.7 Å². The van der Waals surface area contributed by atoms with Crippen molar-refractivity contribution in [2.24, 2.45) is 0 Å². The predicted molar refractivity (Wildman–Crippen MR) is 93.9 cm³/mol. The lowest BCUT2D eigenvalue weighted by molar-refractivity contribution is 0.0514. The molecule has 1 unspecified atom stereocenters. The van der Waals surface area contributed by atoms with E-state index in [1.807, 2.05) is 40.1 Å². The van der Waals surface area contributed by atoms with E-state index in [4.69, 9.17) is 4.42 Å². The second-order valence-corrected chi connectivity index (χ2v) is 6.72. The molecule has 0 fully saturated rings. The molecule has 1 atom stereocenters. The highest BCUT2D eigenvalue weighted by molar-refractivity contribution is 5.94. The summed E-state index contributed by atoms with van der Waals surface area (Å²) in [5, 5.41) is 13.4. The molecule has 0 aliphatic carbocycles. The van der Waals surface area contributed by atoms with Crippen molar-refractivity contribution in [2.75, 3.05) is 20.6 Å². The van der Waals surface area contributed by atoms with E-state index in [9.17, 15) is 9.90 Å². The van der Waals surface area contributed by atoms with Crippen molar-refractivity contribution < 1.29 is 14.3 Å². The Morgan fingerprint density at radius 2 is 1.88 bits per heavy atom. The van der Waals surface area contributed by atoms with Gasteiger partial charge in [-0.15, -0.1) is 0 Å². The molecule has 1 aromatic heterocycles. The van der Waals surface area contributed by atoms with E-state index in [0.717, 1.165) is 17.9 Å². The summed E-state index contributed by atoms with van der Waals surface area (Å²) in [6.07, 6.45) is 0. The van der Waals surface area contributed by atoms with E-state index in [-0.39, 0.29) is 12.5 Å². The summed E-state index contributed by atoms with van der Waals surface area (Å²) >= 11 is 0. The Balaban J connectivity index is 2.00. The van der Waals surface area contributed by atoms with Crippen molar-refractivity contribution in [3.8, 4) is 0 Å². The number of hydrogen-bond donors (Lipinski definition) is 2. The van der Waals surface area contributed by atoms with Crippen LogP contribution >= 0.6 is 0 Å². The van der Waals surface area contributed by atoms with Gasteiger partial charge in [-0.25, -0.2) is 0 Å². The van der Waals surface area contributed by atoms with Gasteiger partial charge < -0.3 is 19.7 Å². The normalized spacial score (nSPS) is 13.8. The first kappa shape index (κ1) is 18.2. The maximum atomic E-state index is 12.3. The molecule has 5 nitrogen and oxygen atoms in total. The van der Waals surface area contributed by atoms with Gasteiger partial charge in [0.05, 0.1) is 6.54 Å². The Morgan fingerprint density at radius 1 is 1.25 bits per heavy atom. The number of nitrogens with zero attached hydrogens (tertiary/aromatic N) is 1. The zero-order valence-corrected chi connectivity index (χ0v) is 15.0. The van der Waals surface area contributed by atoms with Gasteiger partial charge in [-0.3, -0.25) is 4.79 Å². The van der Waals surface area contributed by atoms with Gasteiger partial charge in [-0.1, -0.05) is 12.1 Å². The summed E-state index contributed by atoms with van der Waals surface area (Å²) in [5.41, 5.74) is 1.24. The lowest BCUT2D eigenvalue weighted by atomic mass is 9.96. The van der Waals surface area contributed by atoms with Crippen LogP contribution in [0.3, 0.4) is 0 Å². The lowest BCUT2D eigenvalue weighted by Crippen LogP contribution is -2.38. The largest absolute Gasteiger partial charge is 0.466 e. The molecule has 0 saturated heterocycles. The van der Waals surface area contributed by atoms with E-state index >= 15 is 0 Å². The van der Waals surface area contributed by atoms with Crippen LogP contribution in [0.5, 0.6) is 0 Å². The molecule has 1 heterocycles. The van der Waals surface area contributed by atoms with Crippen molar-refractivity contribution >= 4 is 5.91 Å². The number of benzene rings is 1. The standard InChI is InChI=1S/C19H26N2O3/c1-13-10-17(14(2)24-13)19(3,23)12-20-18(22)16-8-6-15(7-9-16)11-21(4)5/h6-10,23H,11-12H2,1-5H3,(H,20,22). The second kappa shape index (κ2) is 7.20. The lowest BCUT2D eigenvalue weighted by Gasteiger charge is -2.23. The maximum Gasteiger partial charge on any atom is 0.251 e. The summed E-state index contributed by atoms with van der Waals surface area (Å²) < 4.78 is 5.46. The van der Waals surface area contributed by atoms with Crippen LogP contribution in [0.25, 0.3) is 0 Å². The molecule has 2 rings (SSSR count). The number of aliphatic hydroxyl groups is 1. The fourth-order valence-corrected chi connectivity index (χ4v) is 2.74. The number of amides is 1. The van der Waals surface area contributed by atoms with Crippen LogP contribution in [-0.4, -0.2) is 36.6 Å². The second-order valence-electron chi connectivity index (χ2n) is 6.72. The van der Waals surface area contributed by atoms with Crippen molar-refractivity contribution in [1.29, 1.82) is 0 Å². The van der Waals surface area contributed by atoms with Gasteiger partial charge >= 0.3 is 0 Å². The molecule has 2 aromatic rings. The van der Waals surface area contributed by atoms with E-state index in [1.54, 1.807) is 25.1 Å². The molecule has 0 spiro atoms. The molecule has 1 aromatic carbocycles. The first-order valence-electron chi connectivity index (χ1n) is 8.01. The Bertz CT molecular complexity index is 700. The minimum atomic E-state index is -1.18. The zero-order chi connectivity index (χ0) is 17.9. The molecular weight excluding hydrogens is 304 g/mol. The monoisotopic (exact) mass is 330 g/mol. The van der Waals surface area contributed by atoms with Crippen LogP contribution in [0.15, 0.2) is 34.7 Å². The molecule has 130 valence electrons. The van der Waals surface area contributed by atoms with Crippen LogP contribution in [0.2, 0.25) is 0 Å². The quantitative estimate of drug-likeness (QED) is 0.854. The van der Waals surface area contributed by atoms with E-state index in [0.29, 0.717) is 16.9 Å². The molecule has 0 bridgehead atoms. The first-order chi connectivity index (χ1) is 11.2. The van der Waals surface area contributed by atoms with E-state index < -0.39 is 5.60 Å². The smallest absolute Gasteiger partial charge is 0.251 e. The van der Waals surface area contributed by atoms with Crippen molar-refractivity contribution in [3.63, 3.8) is 0 Å². The van der Waals surface area contributed by atoms with Crippen LogP contribution in [-0.2, 0) is 12.1 Å². The Kier molecular flexibility index (Phi) is 5.47. The molecule has 5 heteroatoms. The van der Waals surface area contributed by atoms with Gasteiger partial charge in [0.15, 0.2) is 0 Å². The summed E-state index contributed by atoms with van der Waals surface area (Å²) in [4.78, 5) is 14.4. The van der Waals surface area contributed by atoms with Crippen molar-refractivity contribution in [1.82, 2.24) is 10.2 Å². The van der Waals surface area contributed by atoms with Crippen LogP contribution in [0, 0.1) is 13.8 Å². The van der Waals surface area contributed by atoms with Gasteiger partial charge in [0.2, 0.25) is 0 Å².